The van der Waals surface area contributed by atoms with Crippen LogP contribution in [0, 0.1) is 46.3 Å². The average Bonchev–Trinajstić information content (AvgIpc) is 3.43. The average molecular weight is 647 g/mol. The molecule has 0 aromatic carbocycles. The van der Waals surface area contributed by atoms with Gasteiger partial charge >= 0.3 is 6.09 Å². The lowest BCUT2D eigenvalue weighted by Crippen LogP contribution is -2.53. The van der Waals surface area contributed by atoms with E-state index in [0.717, 1.165) is 62.3 Å². The Balaban J connectivity index is 1.45. The zero-order valence-corrected chi connectivity index (χ0v) is 30.0. The quantitative estimate of drug-likeness (QED) is 0.0990. The van der Waals surface area contributed by atoms with Crippen molar-refractivity contribution in [1.82, 2.24) is 10.2 Å². The highest BCUT2D eigenvalue weighted by Gasteiger charge is 2.59. The smallest absolute Gasteiger partial charge is 0.410 e. The molecule has 0 aliphatic heterocycles. The number of aliphatic hydroxyl groups excluding tert-OH is 2. The molecule has 0 radical (unpaired) electrons. The summed E-state index contributed by atoms with van der Waals surface area (Å²) in [5.74, 6) is 4.41. The minimum absolute atomic E-state index is 0.107. The first-order valence-corrected chi connectivity index (χ1v) is 19.1. The molecular weight excluding hydrogens is 576 g/mol. The monoisotopic (exact) mass is 647 g/mol. The van der Waals surface area contributed by atoms with Crippen molar-refractivity contribution in [2.75, 3.05) is 39.3 Å². The minimum atomic E-state index is -0.775. The van der Waals surface area contributed by atoms with E-state index in [9.17, 15) is 15.0 Å². The largest absolute Gasteiger partial charge is 0.446 e. The number of ether oxygens (including phenoxy) is 1. The van der Waals surface area contributed by atoms with Crippen molar-refractivity contribution in [3.8, 4) is 0 Å². The molecule has 4 aliphatic rings. The van der Waals surface area contributed by atoms with Gasteiger partial charge in [-0.05, 0) is 104 Å². The maximum Gasteiger partial charge on any atom is 0.410 e. The molecule has 1 amide bonds. The second-order valence-corrected chi connectivity index (χ2v) is 16.7. The van der Waals surface area contributed by atoms with Gasteiger partial charge in [-0.3, -0.25) is 0 Å². The van der Waals surface area contributed by atoms with Crippen LogP contribution in [-0.2, 0) is 4.74 Å². The highest BCUT2D eigenvalue weighted by molar-refractivity contribution is 5.68. The van der Waals surface area contributed by atoms with E-state index in [1.54, 1.807) is 10.5 Å². The fraction of sp³-hybridized carbons (Fsp3) is 0.921. The molecule has 4 aliphatic carbocycles. The van der Waals surface area contributed by atoms with E-state index in [1.807, 2.05) is 0 Å². The van der Waals surface area contributed by atoms with E-state index >= 15 is 0 Å². The second-order valence-electron chi connectivity index (χ2n) is 16.7. The van der Waals surface area contributed by atoms with Gasteiger partial charge in [-0.2, -0.15) is 0 Å². The Morgan fingerprint density at radius 1 is 1.00 bits per heavy atom. The molecule has 8 nitrogen and oxygen atoms in total. The summed E-state index contributed by atoms with van der Waals surface area (Å²) in [6.07, 6.45) is 16.2. The van der Waals surface area contributed by atoms with Gasteiger partial charge in [-0.25, -0.2) is 4.79 Å². The van der Waals surface area contributed by atoms with Crippen molar-refractivity contribution in [2.45, 2.75) is 136 Å². The molecule has 0 aromatic rings. The van der Waals surface area contributed by atoms with Crippen LogP contribution in [0.3, 0.4) is 0 Å². The summed E-state index contributed by atoms with van der Waals surface area (Å²) in [7, 11) is 0. The van der Waals surface area contributed by atoms with Gasteiger partial charge in [0.25, 0.3) is 0 Å². The molecule has 3 saturated carbocycles. The van der Waals surface area contributed by atoms with Gasteiger partial charge in [0.2, 0.25) is 0 Å². The Bertz CT molecular complexity index is 992. The first-order valence-electron chi connectivity index (χ1n) is 19.1. The summed E-state index contributed by atoms with van der Waals surface area (Å²) in [6, 6.07) is 0. The SMILES string of the molecule is CC(C)CCC[C@@H](C)C1C=C2CC(OC(=O)N(CCCCNCC(O)CN)CC(O)CN)CCC2(C)C2CCC3(C)CCCC3C12. The van der Waals surface area contributed by atoms with Crippen LogP contribution in [-0.4, -0.2) is 78.8 Å². The van der Waals surface area contributed by atoms with E-state index in [1.165, 1.54) is 51.4 Å². The summed E-state index contributed by atoms with van der Waals surface area (Å²) >= 11 is 0. The fourth-order valence-electron chi connectivity index (χ4n) is 10.1. The first kappa shape index (κ1) is 37.6. The fourth-order valence-corrected chi connectivity index (χ4v) is 10.1. The van der Waals surface area contributed by atoms with E-state index in [4.69, 9.17) is 16.2 Å². The topological polar surface area (TPSA) is 134 Å². The second kappa shape index (κ2) is 17.0. The molecule has 0 saturated heterocycles. The molecule has 7 N–H and O–H groups in total. The third-order valence-corrected chi connectivity index (χ3v) is 12.9. The van der Waals surface area contributed by atoms with Crippen molar-refractivity contribution in [1.29, 1.82) is 0 Å². The number of allylic oxidation sites excluding steroid dienone is 1. The first-order chi connectivity index (χ1) is 21.9. The van der Waals surface area contributed by atoms with E-state index in [0.29, 0.717) is 30.3 Å². The molecule has 3 fully saturated rings. The molecule has 0 aromatic heterocycles. The van der Waals surface area contributed by atoms with Crippen molar-refractivity contribution in [3.63, 3.8) is 0 Å². The highest BCUT2D eigenvalue weighted by atomic mass is 16.6. The van der Waals surface area contributed by atoms with Gasteiger partial charge < -0.3 is 36.6 Å². The van der Waals surface area contributed by atoms with Crippen LogP contribution in [0.15, 0.2) is 11.6 Å². The number of rotatable bonds is 17. The van der Waals surface area contributed by atoms with Gasteiger partial charge in [-0.1, -0.05) is 72.0 Å². The standard InChI is InChI=1S/C38H70N4O4/c1-26(2)10-8-11-27(3)32-21-28-20-31(13-17-38(28,5)34-14-16-37(4)15-9-12-33(37)35(32)34)46-36(45)42(25-30(44)23-40)19-7-6-18-41-24-29(43)22-39/h21,26-27,29-35,41,43-44H,6-20,22-25,39-40H2,1-5H3/t27-,29?,30?,31?,32?,33?,34?,35?,37?,38?/m1/s1. The van der Waals surface area contributed by atoms with Crippen molar-refractivity contribution >= 4 is 6.09 Å². The minimum Gasteiger partial charge on any atom is -0.446 e. The lowest BCUT2D eigenvalue weighted by molar-refractivity contribution is -0.0693. The zero-order chi connectivity index (χ0) is 33.5. The predicted molar refractivity (Wildman–Crippen MR) is 187 cm³/mol. The highest BCUT2D eigenvalue weighted by Crippen LogP contribution is 2.67. The van der Waals surface area contributed by atoms with Gasteiger partial charge in [0.1, 0.15) is 6.10 Å². The number of aliphatic hydroxyl groups is 2. The summed E-state index contributed by atoms with van der Waals surface area (Å²) in [6.45, 7) is 14.6. The molecule has 8 heteroatoms. The number of hydrogen-bond donors (Lipinski definition) is 5. The summed E-state index contributed by atoms with van der Waals surface area (Å²) in [5.41, 5.74) is 13.5. The lowest BCUT2D eigenvalue weighted by atomic mass is 9.45. The number of nitrogens with one attached hydrogen (secondary N) is 1. The number of nitrogens with two attached hydrogens (primary N) is 2. The Morgan fingerprint density at radius 3 is 2.48 bits per heavy atom. The van der Waals surface area contributed by atoms with Crippen LogP contribution in [0.4, 0.5) is 4.79 Å². The summed E-state index contributed by atoms with van der Waals surface area (Å²) in [5, 5.41) is 23.2. The summed E-state index contributed by atoms with van der Waals surface area (Å²) in [4.78, 5) is 15.2. The Morgan fingerprint density at radius 2 is 1.76 bits per heavy atom. The van der Waals surface area contributed by atoms with E-state index in [2.05, 4.69) is 46.0 Å². The molecule has 10 atom stereocenters. The molecule has 266 valence electrons. The molecular formula is C38H70N4O4. The predicted octanol–water partition coefficient (Wildman–Crippen LogP) is 5.84. The van der Waals surface area contributed by atoms with Crippen LogP contribution < -0.4 is 16.8 Å². The van der Waals surface area contributed by atoms with Crippen LogP contribution in [0.5, 0.6) is 0 Å². The maximum absolute atomic E-state index is 13.6. The van der Waals surface area contributed by atoms with Crippen LogP contribution >= 0.6 is 0 Å². The third-order valence-electron chi connectivity index (χ3n) is 12.9. The Hall–Kier alpha value is -1.19. The van der Waals surface area contributed by atoms with Crippen molar-refractivity contribution in [2.24, 2.45) is 57.8 Å². The number of fused-ring (bicyclic) bond motifs is 5. The number of hydrogen-bond acceptors (Lipinski definition) is 7. The summed E-state index contributed by atoms with van der Waals surface area (Å²) < 4.78 is 6.26. The molecule has 9 unspecified atom stereocenters. The number of nitrogens with zero attached hydrogens (tertiary/aromatic N) is 1. The maximum atomic E-state index is 13.6. The van der Waals surface area contributed by atoms with Gasteiger partial charge in [0, 0.05) is 32.6 Å². The number of unbranched alkanes of at least 4 members (excludes halogenated alkanes) is 1. The molecule has 4 rings (SSSR count). The molecule has 46 heavy (non-hydrogen) atoms. The number of carbonyl (C=O) groups excluding carboxylic acids is 1. The van der Waals surface area contributed by atoms with Crippen LogP contribution in [0.2, 0.25) is 0 Å². The normalized spacial score (nSPS) is 34.2. The van der Waals surface area contributed by atoms with Gasteiger partial charge in [0.05, 0.1) is 18.8 Å². The molecule has 0 heterocycles. The molecule has 0 spiro atoms. The van der Waals surface area contributed by atoms with E-state index in [-0.39, 0.29) is 37.2 Å². The van der Waals surface area contributed by atoms with Crippen molar-refractivity contribution in [3.05, 3.63) is 11.6 Å². The molecule has 0 bridgehead atoms. The number of carbonyl (C=O) groups is 1. The van der Waals surface area contributed by atoms with Gasteiger partial charge in [0.15, 0.2) is 0 Å². The zero-order valence-electron chi connectivity index (χ0n) is 30.0. The Labute approximate surface area is 280 Å². The van der Waals surface area contributed by atoms with Gasteiger partial charge in [-0.15, -0.1) is 0 Å². The Kier molecular flexibility index (Phi) is 13.9. The van der Waals surface area contributed by atoms with E-state index < -0.39 is 12.2 Å². The number of amides is 1. The lowest BCUT2D eigenvalue weighted by Gasteiger charge is -2.60. The third kappa shape index (κ3) is 9.07. The van der Waals surface area contributed by atoms with Crippen LogP contribution in [0.1, 0.15) is 118 Å². The van der Waals surface area contributed by atoms with Crippen molar-refractivity contribution < 1.29 is 19.7 Å². The van der Waals surface area contributed by atoms with Crippen LogP contribution in [0.25, 0.3) is 0 Å².